The summed E-state index contributed by atoms with van der Waals surface area (Å²) in [7, 11) is -0.999. The topological polar surface area (TPSA) is 58.9 Å². The number of benzene rings is 1. The standard InChI is InChI=1S/C10H9BO4/c12-8-4-1-6-5-14-11(13)9(6)10(8)15-7-2-3-7/h1-4,7,12-13H,5H2. The van der Waals surface area contributed by atoms with Gasteiger partial charge >= 0.3 is 7.12 Å². The third-order valence-electron chi connectivity index (χ3n) is 2.51. The van der Waals surface area contributed by atoms with Crippen molar-refractivity contribution in [1.29, 1.82) is 0 Å². The van der Waals surface area contributed by atoms with E-state index in [2.05, 4.69) is 0 Å². The lowest BCUT2D eigenvalue weighted by Gasteiger charge is -2.11. The summed E-state index contributed by atoms with van der Waals surface area (Å²) in [6.45, 7) is 0.352. The second kappa shape index (κ2) is 3.02. The highest BCUT2D eigenvalue weighted by atomic mass is 16.5. The number of ether oxygens (including phenoxy) is 1. The predicted molar refractivity (Wildman–Crippen MR) is 54.1 cm³/mol. The fourth-order valence-corrected chi connectivity index (χ4v) is 1.66. The predicted octanol–water partition coefficient (Wildman–Crippen LogP) is -0.0729. The highest BCUT2D eigenvalue weighted by molar-refractivity contribution is 6.62. The van der Waals surface area contributed by atoms with Gasteiger partial charge in [0.05, 0.1) is 6.61 Å². The van der Waals surface area contributed by atoms with E-state index >= 15 is 0 Å². The molecule has 2 N–H and O–H groups in total. The summed E-state index contributed by atoms with van der Waals surface area (Å²) in [6.07, 6.45) is 3.66. The van der Waals surface area contributed by atoms with Gasteiger partial charge in [0.2, 0.25) is 0 Å². The van der Waals surface area contributed by atoms with E-state index < -0.39 is 7.12 Å². The first kappa shape index (κ1) is 8.82. The van der Waals surface area contributed by atoms with Crippen LogP contribution >= 0.6 is 0 Å². The Morgan fingerprint density at radius 1 is 1.40 bits per heavy atom. The van der Waals surface area contributed by atoms with Crippen LogP contribution in [0.1, 0.15) is 5.56 Å². The van der Waals surface area contributed by atoms with Crippen LogP contribution in [0, 0.1) is 0 Å². The fourth-order valence-electron chi connectivity index (χ4n) is 1.66. The van der Waals surface area contributed by atoms with Gasteiger partial charge in [-0.15, -0.1) is 0 Å². The first-order valence-electron chi connectivity index (χ1n) is 4.75. The monoisotopic (exact) mass is 204 g/mol. The zero-order valence-corrected chi connectivity index (χ0v) is 7.88. The van der Waals surface area contributed by atoms with E-state index in [1.165, 1.54) is 0 Å². The molecule has 0 saturated heterocycles. The Kier molecular flexibility index (Phi) is 1.77. The van der Waals surface area contributed by atoms with Crippen molar-refractivity contribution in [2.45, 2.75) is 12.7 Å². The van der Waals surface area contributed by atoms with Crippen molar-refractivity contribution < 1.29 is 19.5 Å². The maximum Gasteiger partial charge on any atom is 0.495 e. The Morgan fingerprint density at radius 3 is 2.93 bits per heavy atom. The first-order valence-corrected chi connectivity index (χ1v) is 4.75. The van der Waals surface area contributed by atoms with Gasteiger partial charge in [-0.3, -0.25) is 0 Å². The molecule has 76 valence electrons. The molecule has 15 heavy (non-hydrogen) atoms. The fraction of sp³-hybridized carbons (Fsp3) is 0.200. The van der Waals surface area contributed by atoms with Crippen LogP contribution in [-0.4, -0.2) is 23.4 Å². The van der Waals surface area contributed by atoms with Crippen LogP contribution in [0.25, 0.3) is 0 Å². The molecule has 0 radical (unpaired) electrons. The van der Waals surface area contributed by atoms with Crippen LogP contribution in [0.4, 0.5) is 0 Å². The van der Waals surface area contributed by atoms with Crippen LogP contribution in [0.5, 0.6) is 11.5 Å². The molecule has 4 nitrogen and oxygen atoms in total. The summed E-state index contributed by atoms with van der Waals surface area (Å²) in [5.74, 6) is 0.361. The lowest BCUT2D eigenvalue weighted by molar-refractivity contribution is 0.274. The number of aromatic hydroxyl groups is 1. The minimum atomic E-state index is -0.999. The van der Waals surface area contributed by atoms with Crippen LogP contribution in [-0.2, 0) is 11.3 Å². The summed E-state index contributed by atoms with van der Waals surface area (Å²) in [5.41, 5.74) is 1.40. The quantitative estimate of drug-likeness (QED) is 0.522. The molecule has 2 aliphatic rings. The van der Waals surface area contributed by atoms with Gasteiger partial charge in [-0.1, -0.05) is 6.07 Å². The molecule has 0 aromatic heterocycles. The van der Waals surface area contributed by atoms with Crippen molar-refractivity contribution in [2.75, 3.05) is 0 Å². The second-order valence-electron chi connectivity index (χ2n) is 3.62. The van der Waals surface area contributed by atoms with Crippen LogP contribution in [0.15, 0.2) is 24.3 Å². The van der Waals surface area contributed by atoms with Crippen molar-refractivity contribution >= 4 is 12.6 Å². The highest BCUT2D eigenvalue weighted by Crippen LogP contribution is 2.31. The van der Waals surface area contributed by atoms with Crippen molar-refractivity contribution in [1.82, 2.24) is 0 Å². The number of hydrogen-bond acceptors (Lipinski definition) is 4. The minimum Gasteiger partial charge on any atom is -0.504 e. The highest BCUT2D eigenvalue weighted by Gasteiger charge is 2.34. The van der Waals surface area contributed by atoms with Gasteiger partial charge in [-0.2, -0.15) is 0 Å². The summed E-state index contributed by atoms with van der Waals surface area (Å²) < 4.78 is 10.5. The van der Waals surface area contributed by atoms with E-state index in [0.717, 1.165) is 5.56 Å². The van der Waals surface area contributed by atoms with Gasteiger partial charge in [0.25, 0.3) is 0 Å². The number of rotatable bonds is 2. The van der Waals surface area contributed by atoms with Gasteiger partial charge < -0.3 is 19.5 Å². The smallest absolute Gasteiger partial charge is 0.495 e. The van der Waals surface area contributed by atoms with Crippen molar-refractivity contribution in [3.05, 3.63) is 29.8 Å². The van der Waals surface area contributed by atoms with E-state index in [4.69, 9.17) is 9.39 Å². The Hall–Kier alpha value is -1.46. The average molecular weight is 204 g/mol. The Bertz CT molecular complexity index is 437. The van der Waals surface area contributed by atoms with E-state index in [-0.39, 0.29) is 11.9 Å². The molecule has 0 saturated carbocycles. The molecule has 1 aromatic carbocycles. The maximum absolute atomic E-state index is 9.65. The molecular weight excluding hydrogens is 195 g/mol. The summed E-state index contributed by atoms with van der Waals surface area (Å²) in [5, 5.41) is 19.2. The molecule has 0 atom stereocenters. The third kappa shape index (κ3) is 1.40. The Labute approximate surface area is 86.9 Å². The van der Waals surface area contributed by atoms with Crippen molar-refractivity contribution in [3.8, 4) is 11.5 Å². The molecule has 3 rings (SSSR count). The van der Waals surface area contributed by atoms with Gasteiger partial charge in [0.1, 0.15) is 6.10 Å². The normalized spacial score (nSPS) is 18.1. The number of fused-ring (bicyclic) bond motifs is 1. The average Bonchev–Trinajstić information content (AvgIpc) is 2.96. The first-order chi connectivity index (χ1) is 7.25. The van der Waals surface area contributed by atoms with Crippen molar-refractivity contribution in [3.63, 3.8) is 0 Å². The summed E-state index contributed by atoms with van der Waals surface area (Å²) >= 11 is 0. The number of hydrogen-bond donors (Lipinski definition) is 2. The molecule has 0 spiro atoms. The molecule has 1 aliphatic heterocycles. The van der Waals surface area contributed by atoms with Crippen molar-refractivity contribution in [2.24, 2.45) is 0 Å². The van der Waals surface area contributed by atoms with Crippen LogP contribution in [0.3, 0.4) is 0 Å². The lowest BCUT2D eigenvalue weighted by atomic mass is 9.78. The molecule has 0 amide bonds. The molecule has 1 aromatic rings. The number of phenols is 1. The number of phenolic OH excluding ortho intramolecular Hbond substituents is 1. The molecular formula is C10H9BO4. The lowest BCUT2D eigenvalue weighted by Crippen LogP contribution is -2.30. The van der Waals surface area contributed by atoms with E-state index in [1.54, 1.807) is 12.1 Å². The maximum atomic E-state index is 9.65. The second-order valence-corrected chi connectivity index (χ2v) is 3.62. The largest absolute Gasteiger partial charge is 0.504 e. The van der Waals surface area contributed by atoms with E-state index in [1.807, 2.05) is 12.2 Å². The molecule has 1 aliphatic carbocycles. The Morgan fingerprint density at radius 2 is 2.20 bits per heavy atom. The molecule has 0 fully saturated rings. The molecule has 5 heteroatoms. The van der Waals surface area contributed by atoms with E-state index in [0.29, 0.717) is 17.8 Å². The molecule has 1 heterocycles. The van der Waals surface area contributed by atoms with Gasteiger partial charge in [0.15, 0.2) is 11.5 Å². The van der Waals surface area contributed by atoms with Gasteiger partial charge in [-0.25, -0.2) is 0 Å². The SMILES string of the molecule is OB1OCc2ccc(O)c(OC3C=C3)c21. The summed E-state index contributed by atoms with van der Waals surface area (Å²) in [6, 6.07) is 3.28. The summed E-state index contributed by atoms with van der Waals surface area (Å²) in [4.78, 5) is 0. The van der Waals surface area contributed by atoms with Gasteiger partial charge in [0, 0.05) is 5.46 Å². The zero-order chi connectivity index (χ0) is 10.4. The third-order valence-corrected chi connectivity index (χ3v) is 2.51. The Balaban J connectivity index is 2.05. The van der Waals surface area contributed by atoms with E-state index in [9.17, 15) is 10.1 Å². The molecule has 0 bridgehead atoms. The minimum absolute atomic E-state index is 0.0343. The van der Waals surface area contributed by atoms with Gasteiger partial charge in [-0.05, 0) is 23.8 Å². The zero-order valence-electron chi connectivity index (χ0n) is 7.88. The van der Waals surface area contributed by atoms with Crippen LogP contribution in [0.2, 0.25) is 0 Å². The molecule has 0 unspecified atom stereocenters. The van der Waals surface area contributed by atoms with Crippen LogP contribution < -0.4 is 10.2 Å².